The highest BCUT2D eigenvalue weighted by Gasteiger charge is 2.40. The Morgan fingerprint density at radius 1 is 1.28 bits per heavy atom. The van der Waals surface area contributed by atoms with Crippen LogP contribution in [0.1, 0.15) is 29.1 Å². The van der Waals surface area contributed by atoms with Gasteiger partial charge in [-0.25, -0.2) is 9.97 Å². The molecule has 2 aliphatic rings. The fourth-order valence-corrected chi connectivity index (χ4v) is 3.07. The standard InChI is InChI=1S/C16H19N5O4/c1-11-10-13(20-25-11)19-14(22)12-2-5-17-15(18-12)21-6-3-16(4-7-21)23-8-9-24-16/h2,5,10H,3-4,6-9H2,1H3,(H,19,20,22). The van der Waals surface area contributed by atoms with Crippen LogP contribution >= 0.6 is 0 Å². The molecule has 0 saturated carbocycles. The molecule has 2 saturated heterocycles. The van der Waals surface area contributed by atoms with Gasteiger partial charge in [-0.2, -0.15) is 0 Å². The third-order valence-electron chi connectivity index (χ3n) is 4.37. The summed E-state index contributed by atoms with van der Waals surface area (Å²) in [5.74, 6) is 0.705. The summed E-state index contributed by atoms with van der Waals surface area (Å²) in [5, 5.41) is 6.40. The van der Waals surface area contributed by atoms with Crippen LogP contribution in [0, 0.1) is 6.92 Å². The second-order valence-electron chi connectivity index (χ2n) is 6.11. The normalized spacial score (nSPS) is 19.3. The first kappa shape index (κ1) is 16.0. The minimum Gasteiger partial charge on any atom is -0.360 e. The number of hydrogen-bond acceptors (Lipinski definition) is 8. The zero-order chi connectivity index (χ0) is 17.3. The predicted octanol–water partition coefficient (Wildman–Crippen LogP) is 1.37. The molecule has 1 spiro atoms. The number of aryl methyl sites for hydroxylation is 1. The van der Waals surface area contributed by atoms with Crippen molar-refractivity contribution in [3.05, 3.63) is 29.8 Å². The van der Waals surface area contributed by atoms with E-state index in [4.69, 9.17) is 14.0 Å². The molecule has 9 heteroatoms. The molecule has 0 aliphatic carbocycles. The van der Waals surface area contributed by atoms with Crippen molar-refractivity contribution >= 4 is 17.7 Å². The smallest absolute Gasteiger partial charge is 0.275 e. The Bertz CT molecular complexity index is 761. The molecule has 4 heterocycles. The first-order chi connectivity index (χ1) is 12.1. The Kier molecular flexibility index (Phi) is 4.10. The molecule has 4 rings (SSSR count). The van der Waals surface area contributed by atoms with E-state index in [1.165, 1.54) is 0 Å². The summed E-state index contributed by atoms with van der Waals surface area (Å²) in [5.41, 5.74) is 0.277. The molecule has 0 atom stereocenters. The molecule has 9 nitrogen and oxygen atoms in total. The van der Waals surface area contributed by atoms with Gasteiger partial charge in [-0.15, -0.1) is 0 Å². The maximum absolute atomic E-state index is 12.3. The Balaban J connectivity index is 1.43. The van der Waals surface area contributed by atoms with Gasteiger partial charge in [0.25, 0.3) is 5.91 Å². The van der Waals surface area contributed by atoms with E-state index in [2.05, 4.69) is 20.4 Å². The van der Waals surface area contributed by atoms with Gasteiger partial charge in [0.1, 0.15) is 11.5 Å². The van der Waals surface area contributed by atoms with Crippen LogP contribution < -0.4 is 10.2 Å². The van der Waals surface area contributed by atoms with Crippen molar-refractivity contribution in [2.75, 3.05) is 36.5 Å². The summed E-state index contributed by atoms with van der Waals surface area (Å²) in [6.07, 6.45) is 3.09. The molecule has 25 heavy (non-hydrogen) atoms. The summed E-state index contributed by atoms with van der Waals surface area (Å²) in [6, 6.07) is 3.21. The topological polar surface area (TPSA) is 103 Å². The highest BCUT2D eigenvalue weighted by atomic mass is 16.7. The fourth-order valence-electron chi connectivity index (χ4n) is 3.07. The van der Waals surface area contributed by atoms with Crippen molar-refractivity contribution in [1.82, 2.24) is 15.1 Å². The number of carbonyl (C=O) groups is 1. The van der Waals surface area contributed by atoms with Crippen LogP contribution in [0.2, 0.25) is 0 Å². The maximum atomic E-state index is 12.3. The molecule has 0 aromatic carbocycles. The number of hydrogen-bond donors (Lipinski definition) is 1. The van der Waals surface area contributed by atoms with Crippen molar-refractivity contribution in [3.8, 4) is 0 Å². The lowest BCUT2D eigenvalue weighted by atomic mass is 10.0. The van der Waals surface area contributed by atoms with Gasteiger partial charge in [0, 0.05) is 38.2 Å². The average Bonchev–Trinajstić information content (AvgIpc) is 3.25. The van der Waals surface area contributed by atoms with Gasteiger partial charge in [0.05, 0.1) is 13.2 Å². The molecule has 2 aromatic heterocycles. The molecule has 0 bridgehead atoms. The number of piperidine rings is 1. The van der Waals surface area contributed by atoms with Crippen LogP contribution in [0.15, 0.2) is 22.9 Å². The number of nitrogens with zero attached hydrogens (tertiary/aromatic N) is 4. The Morgan fingerprint density at radius 3 is 2.72 bits per heavy atom. The predicted molar refractivity (Wildman–Crippen MR) is 87.3 cm³/mol. The first-order valence-corrected chi connectivity index (χ1v) is 8.24. The van der Waals surface area contributed by atoms with Crippen molar-refractivity contribution in [3.63, 3.8) is 0 Å². The molecule has 132 valence electrons. The fraction of sp³-hybridized carbons (Fsp3) is 0.500. The molecular weight excluding hydrogens is 326 g/mol. The monoisotopic (exact) mass is 345 g/mol. The van der Waals surface area contributed by atoms with Crippen LogP contribution in [0.5, 0.6) is 0 Å². The van der Waals surface area contributed by atoms with E-state index in [-0.39, 0.29) is 11.6 Å². The van der Waals surface area contributed by atoms with Crippen molar-refractivity contribution < 1.29 is 18.8 Å². The van der Waals surface area contributed by atoms with Gasteiger partial charge >= 0.3 is 0 Å². The van der Waals surface area contributed by atoms with Crippen LogP contribution in [0.25, 0.3) is 0 Å². The summed E-state index contributed by atoms with van der Waals surface area (Å²) in [7, 11) is 0. The molecule has 1 N–H and O–H groups in total. The molecular formula is C16H19N5O4. The number of nitrogens with one attached hydrogen (secondary N) is 1. The largest absolute Gasteiger partial charge is 0.360 e. The summed E-state index contributed by atoms with van der Waals surface area (Å²) in [6.45, 7) is 4.48. The van der Waals surface area contributed by atoms with Gasteiger partial charge < -0.3 is 24.2 Å². The van der Waals surface area contributed by atoms with Crippen LogP contribution in [-0.2, 0) is 9.47 Å². The summed E-state index contributed by atoms with van der Waals surface area (Å²) < 4.78 is 16.4. The lowest BCUT2D eigenvalue weighted by Crippen LogP contribution is -2.45. The highest BCUT2D eigenvalue weighted by Crippen LogP contribution is 2.32. The van der Waals surface area contributed by atoms with E-state index in [0.717, 1.165) is 12.8 Å². The summed E-state index contributed by atoms with van der Waals surface area (Å²) in [4.78, 5) is 23.0. The molecule has 2 fully saturated rings. The number of rotatable bonds is 3. The Labute approximate surface area is 144 Å². The third kappa shape index (κ3) is 3.33. The quantitative estimate of drug-likeness (QED) is 0.890. The van der Waals surface area contributed by atoms with Crippen LogP contribution in [0.3, 0.4) is 0 Å². The zero-order valence-corrected chi connectivity index (χ0v) is 13.9. The van der Waals surface area contributed by atoms with E-state index in [9.17, 15) is 4.79 Å². The first-order valence-electron chi connectivity index (χ1n) is 8.24. The molecule has 0 unspecified atom stereocenters. The van der Waals surface area contributed by atoms with Crippen LogP contribution in [-0.4, -0.2) is 53.1 Å². The Morgan fingerprint density at radius 2 is 2.04 bits per heavy atom. The molecule has 2 aromatic rings. The van der Waals surface area contributed by atoms with E-state index in [1.807, 2.05) is 4.90 Å². The second-order valence-corrected chi connectivity index (χ2v) is 6.11. The number of anilines is 2. The number of carbonyl (C=O) groups excluding carboxylic acids is 1. The van der Waals surface area contributed by atoms with Gasteiger partial charge in [0.15, 0.2) is 11.6 Å². The van der Waals surface area contributed by atoms with E-state index >= 15 is 0 Å². The zero-order valence-electron chi connectivity index (χ0n) is 13.9. The van der Waals surface area contributed by atoms with E-state index in [1.54, 1.807) is 25.3 Å². The van der Waals surface area contributed by atoms with Gasteiger partial charge in [-0.05, 0) is 13.0 Å². The molecule has 0 radical (unpaired) electrons. The van der Waals surface area contributed by atoms with Crippen molar-refractivity contribution in [1.29, 1.82) is 0 Å². The number of ether oxygens (including phenoxy) is 2. The molecule has 1 amide bonds. The minimum absolute atomic E-state index is 0.277. The Hall–Kier alpha value is -2.52. The van der Waals surface area contributed by atoms with Crippen LogP contribution in [0.4, 0.5) is 11.8 Å². The SMILES string of the molecule is Cc1cc(NC(=O)c2ccnc(N3CCC4(CC3)OCCO4)n2)no1. The van der Waals surface area contributed by atoms with Crippen molar-refractivity contribution in [2.45, 2.75) is 25.6 Å². The number of aromatic nitrogens is 3. The molecule has 2 aliphatic heterocycles. The lowest BCUT2D eigenvalue weighted by Gasteiger charge is -2.37. The lowest BCUT2D eigenvalue weighted by molar-refractivity contribution is -0.169. The van der Waals surface area contributed by atoms with Crippen molar-refractivity contribution in [2.24, 2.45) is 0 Å². The highest BCUT2D eigenvalue weighted by molar-refractivity contribution is 6.02. The van der Waals surface area contributed by atoms with Gasteiger partial charge in [-0.3, -0.25) is 4.79 Å². The minimum atomic E-state index is -0.448. The average molecular weight is 345 g/mol. The number of amides is 1. The maximum Gasteiger partial charge on any atom is 0.275 e. The van der Waals surface area contributed by atoms with Gasteiger partial charge in [0.2, 0.25) is 5.95 Å². The third-order valence-corrected chi connectivity index (χ3v) is 4.37. The second kappa shape index (κ2) is 6.41. The van der Waals surface area contributed by atoms with E-state index < -0.39 is 5.79 Å². The van der Waals surface area contributed by atoms with Gasteiger partial charge in [-0.1, -0.05) is 5.16 Å². The summed E-state index contributed by atoms with van der Waals surface area (Å²) >= 11 is 0. The van der Waals surface area contributed by atoms with E-state index in [0.29, 0.717) is 43.8 Å².